The molecule has 0 saturated carbocycles. The van der Waals surface area contributed by atoms with E-state index in [4.69, 9.17) is 10.5 Å². The molecule has 3 nitrogen and oxygen atoms in total. The normalized spacial score (nSPS) is 13.0. The van der Waals surface area contributed by atoms with Gasteiger partial charge in [-0.1, -0.05) is 12.1 Å². The fourth-order valence-electron chi connectivity index (χ4n) is 1.75. The van der Waals surface area contributed by atoms with Crippen molar-refractivity contribution in [3.8, 4) is 0 Å². The van der Waals surface area contributed by atoms with Crippen LogP contribution in [-0.4, -0.2) is 38.8 Å². The standard InChI is InChI=1S/C13H21FN2O/c1-16(7-4-8-17-2)10-13(15)11-5-3-6-12(14)9-11/h3,5-6,9,13H,4,7-8,10,15H2,1-2H3. The first kappa shape index (κ1) is 14.1. The fraction of sp³-hybridized carbons (Fsp3) is 0.538. The van der Waals surface area contributed by atoms with Crippen LogP contribution in [0.4, 0.5) is 4.39 Å². The van der Waals surface area contributed by atoms with E-state index in [1.807, 2.05) is 13.1 Å². The third kappa shape index (κ3) is 5.26. The Bertz CT molecular complexity index is 333. The monoisotopic (exact) mass is 240 g/mol. The first-order valence-electron chi connectivity index (χ1n) is 5.82. The topological polar surface area (TPSA) is 38.5 Å². The summed E-state index contributed by atoms with van der Waals surface area (Å²) in [6.45, 7) is 2.39. The summed E-state index contributed by atoms with van der Waals surface area (Å²) in [4.78, 5) is 2.13. The fourth-order valence-corrected chi connectivity index (χ4v) is 1.75. The van der Waals surface area contributed by atoms with Crippen molar-refractivity contribution >= 4 is 0 Å². The predicted octanol–water partition coefficient (Wildman–Crippen LogP) is 1.79. The number of hydrogen-bond donors (Lipinski definition) is 1. The zero-order valence-corrected chi connectivity index (χ0v) is 10.5. The van der Waals surface area contributed by atoms with E-state index in [1.165, 1.54) is 12.1 Å². The van der Waals surface area contributed by atoms with E-state index in [0.29, 0.717) is 6.54 Å². The van der Waals surface area contributed by atoms with Crippen molar-refractivity contribution in [2.75, 3.05) is 33.9 Å². The van der Waals surface area contributed by atoms with E-state index in [1.54, 1.807) is 13.2 Å². The molecule has 0 aliphatic rings. The minimum atomic E-state index is -0.236. The van der Waals surface area contributed by atoms with E-state index in [2.05, 4.69) is 4.90 Å². The Balaban J connectivity index is 2.40. The molecule has 1 rings (SSSR count). The number of benzene rings is 1. The van der Waals surface area contributed by atoms with Crippen LogP contribution in [0.3, 0.4) is 0 Å². The van der Waals surface area contributed by atoms with Gasteiger partial charge in [0.15, 0.2) is 0 Å². The van der Waals surface area contributed by atoms with Gasteiger partial charge in [0.1, 0.15) is 5.82 Å². The van der Waals surface area contributed by atoms with Crippen LogP contribution in [0.2, 0.25) is 0 Å². The van der Waals surface area contributed by atoms with Gasteiger partial charge in [0.2, 0.25) is 0 Å². The zero-order chi connectivity index (χ0) is 12.7. The molecule has 2 N–H and O–H groups in total. The van der Waals surface area contributed by atoms with Crippen molar-refractivity contribution in [1.82, 2.24) is 4.90 Å². The van der Waals surface area contributed by atoms with Gasteiger partial charge < -0.3 is 15.4 Å². The third-order valence-corrected chi connectivity index (χ3v) is 2.67. The van der Waals surface area contributed by atoms with Crippen LogP contribution < -0.4 is 5.73 Å². The highest BCUT2D eigenvalue weighted by Gasteiger charge is 2.09. The molecule has 0 aliphatic heterocycles. The molecule has 0 amide bonds. The van der Waals surface area contributed by atoms with Crippen LogP contribution in [0.1, 0.15) is 18.0 Å². The summed E-state index contributed by atoms with van der Waals surface area (Å²) in [5, 5.41) is 0. The van der Waals surface area contributed by atoms with Crippen LogP contribution >= 0.6 is 0 Å². The highest BCUT2D eigenvalue weighted by molar-refractivity contribution is 5.20. The molecule has 0 aromatic heterocycles. The quantitative estimate of drug-likeness (QED) is 0.738. The number of ether oxygens (including phenoxy) is 1. The molecule has 0 radical (unpaired) electrons. The summed E-state index contributed by atoms with van der Waals surface area (Å²) >= 11 is 0. The molecule has 0 aliphatic carbocycles. The van der Waals surface area contributed by atoms with E-state index in [9.17, 15) is 4.39 Å². The van der Waals surface area contributed by atoms with E-state index >= 15 is 0 Å². The lowest BCUT2D eigenvalue weighted by Crippen LogP contribution is -2.30. The molecular formula is C13H21FN2O. The van der Waals surface area contributed by atoms with Crippen LogP contribution in [0, 0.1) is 5.82 Å². The molecule has 0 bridgehead atoms. The molecule has 1 aromatic rings. The second-order valence-corrected chi connectivity index (χ2v) is 4.27. The average Bonchev–Trinajstić information content (AvgIpc) is 2.29. The lowest BCUT2D eigenvalue weighted by Gasteiger charge is -2.21. The number of nitrogens with two attached hydrogens (primary N) is 1. The van der Waals surface area contributed by atoms with Crippen LogP contribution in [0.5, 0.6) is 0 Å². The number of nitrogens with zero attached hydrogens (tertiary/aromatic N) is 1. The summed E-state index contributed by atoms with van der Waals surface area (Å²) in [6.07, 6.45) is 0.975. The van der Waals surface area contributed by atoms with Crippen LogP contribution in [-0.2, 0) is 4.74 Å². The smallest absolute Gasteiger partial charge is 0.123 e. The van der Waals surface area contributed by atoms with Gasteiger partial charge in [-0.2, -0.15) is 0 Å². The van der Waals surface area contributed by atoms with Gasteiger partial charge in [-0.3, -0.25) is 0 Å². The van der Waals surface area contributed by atoms with Gasteiger partial charge in [-0.05, 0) is 31.2 Å². The Morgan fingerprint density at radius 2 is 2.24 bits per heavy atom. The molecule has 1 unspecified atom stereocenters. The van der Waals surface area contributed by atoms with Gasteiger partial charge in [-0.25, -0.2) is 4.39 Å². The second kappa shape index (κ2) is 7.37. The van der Waals surface area contributed by atoms with E-state index in [0.717, 1.165) is 25.1 Å². The summed E-state index contributed by atoms with van der Waals surface area (Å²) in [5.74, 6) is -0.236. The number of hydrogen-bond acceptors (Lipinski definition) is 3. The molecule has 0 fully saturated rings. The summed E-state index contributed by atoms with van der Waals surface area (Å²) in [6, 6.07) is 6.32. The largest absolute Gasteiger partial charge is 0.385 e. The lowest BCUT2D eigenvalue weighted by molar-refractivity contribution is 0.177. The number of likely N-dealkylation sites (N-methyl/N-ethyl adjacent to an activating group) is 1. The SMILES string of the molecule is COCCCN(C)CC(N)c1cccc(F)c1. The molecule has 1 atom stereocenters. The van der Waals surface area contributed by atoms with Crippen LogP contribution in [0.25, 0.3) is 0 Å². The van der Waals surface area contributed by atoms with Crippen molar-refractivity contribution in [3.05, 3.63) is 35.6 Å². The second-order valence-electron chi connectivity index (χ2n) is 4.27. The molecule has 0 heterocycles. The maximum Gasteiger partial charge on any atom is 0.123 e. The number of rotatable bonds is 7. The highest BCUT2D eigenvalue weighted by Crippen LogP contribution is 2.12. The summed E-state index contributed by atoms with van der Waals surface area (Å²) < 4.78 is 18.0. The van der Waals surface area contributed by atoms with Gasteiger partial charge in [0.25, 0.3) is 0 Å². The Morgan fingerprint density at radius 3 is 2.88 bits per heavy atom. The van der Waals surface area contributed by atoms with Crippen molar-refractivity contribution < 1.29 is 9.13 Å². The highest BCUT2D eigenvalue weighted by atomic mass is 19.1. The molecular weight excluding hydrogens is 219 g/mol. The maximum absolute atomic E-state index is 13.0. The van der Waals surface area contributed by atoms with Crippen LogP contribution in [0.15, 0.2) is 24.3 Å². The Labute approximate surface area is 102 Å². The van der Waals surface area contributed by atoms with Crippen molar-refractivity contribution in [1.29, 1.82) is 0 Å². The lowest BCUT2D eigenvalue weighted by atomic mass is 10.1. The minimum absolute atomic E-state index is 0.154. The first-order valence-corrected chi connectivity index (χ1v) is 5.82. The molecule has 4 heteroatoms. The maximum atomic E-state index is 13.0. The van der Waals surface area contributed by atoms with Crippen molar-refractivity contribution in [2.24, 2.45) is 5.73 Å². The van der Waals surface area contributed by atoms with Crippen molar-refractivity contribution in [3.63, 3.8) is 0 Å². The molecule has 0 saturated heterocycles. The molecule has 1 aromatic carbocycles. The van der Waals surface area contributed by atoms with Crippen molar-refractivity contribution in [2.45, 2.75) is 12.5 Å². The minimum Gasteiger partial charge on any atom is -0.385 e. The third-order valence-electron chi connectivity index (χ3n) is 2.67. The average molecular weight is 240 g/mol. The van der Waals surface area contributed by atoms with E-state index < -0.39 is 0 Å². The molecule has 0 spiro atoms. The van der Waals surface area contributed by atoms with E-state index in [-0.39, 0.29) is 11.9 Å². The number of methoxy groups -OCH3 is 1. The zero-order valence-electron chi connectivity index (χ0n) is 10.5. The Morgan fingerprint density at radius 1 is 1.47 bits per heavy atom. The Hall–Kier alpha value is -0.970. The first-order chi connectivity index (χ1) is 8.13. The number of halogens is 1. The predicted molar refractivity (Wildman–Crippen MR) is 67.3 cm³/mol. The van der Waals surface area contributed by atoms with Gasteiger partial charge in [-0.15, -0.1) is 0 Å². The summed E-state index contributed by atoms with van der Waals surface area (Å²) in [5.41, 5.74) is 6.87. The molecule has 17 heavy (non-hydrogen) atoms. The van der Waals surface area contributed by atoms with Gasteiger partial charge >= 0.3 is 0 Å². The Kier molecular flexibility index (Phi) is 6.11. The summed E-state index contributed by atoms with van der Waals surface area (Å²) in [7, 11) is 3.70. The van der Waals surface area contributed by atoms with Gasteiger partial charge in [0, 0.05) is 32.8 Å². The molecule has 96 valence electrons. The van der Waals surface area contributed by atoms with Gasteiger partial charge in [0.05, 0.1) is 0 Å².